The lowest BCUT2D eigenvalue weighted by Crippen LogP contribution is -1.93. The first kappa shape index (κ1) is 25.5. The second kappa shape index (κ2) is 12.4. The van der Waals surface area contributed by atoms with Crippen LogP contribution in [0.5, 0.6) is 0 Å². The first-order chi connectivity index (χ1) is 18.2. The fourth-order valence-electron chi connectivity index (χ4n) is 4.48. The molecule has 0 spiro atoms. The van der Waals surface area contributed by atoms with Crippen molar-refractivity contribution < 1.29 is 0 Å². The van der Waals surface area contributed by atoms with E-state index in [1.54, 1.807) is 12.3 Å². The van der Waals surface area contributed by atoms with Gasteiger partial charge in [-0.2, -0.15) is 0 Å². The fraction of sp³-hybridized carbons (Fsp3) is 0.0882. The number of aromatic nitrogens is 1. The average molecular weight is 482 g/mol. The molecule has 3 heteroatoms. The standard InChI is InChI=1S/C34H31N3/c1-5-7-16-31-29(6-2)33-20-19-27(30-17-11-18-32(31)34(30)33)24-37-25(3)22-28(35-4)15-10-8-9-13-26-14-12-21-36-23-26/h5-12,14-23H,1-2,4,13,24H2,3H3/b9-8-,15-10+,16-7-,28-22-,37-25-. The van der Waals surface area contributed by atoms with Gasteiger partial charge in [0, 0.05) is 18.1 Å². The zero-order valence-corrected chi connectivity index (χ0v) is 21.3. The van der Waals surface area contributed by atoms with Gasteiger partial charge in [-0.15, -0.1) is 0 Å². The molecule has 3 aromatic rings. The quantitative estimate of drug-likeness (QED) is 0.200. The Balaban J connectivity index is 1.51. The first-order valence-electron chi connectivity index (χ1n) is 12.3. The summed E-state index contributed by atoms with van der Waals surface area (Å²) in [6, 6.07) is 14.8. The maximum Gasteiger partial charge on any atom is 0.0648 e. The van der Waals surface area contributed by atoms with E-state index in [1.165, 1.54) is 38.6 Å². The first-order valence-corrected chi connectivity index (χ1v) is 12.3. The summed E-state index contributed by atoms with van der Waals surface area (Å²) in [7, 11) is 0. The third-order valence-corrected chi connectivity index (χ3v) is 6.23. The van der Waals surface area contributed by atoms with E-state index >= 15 is 0 Å². The Morgan fingerprint density at radius 3 is 2.59 bits per heavy atom. The van der Waals surface area contributed by atoms with Crippen molar-refractivity contribution in [3.8, 4) is 0 Å². The van der Waals surface area contributed by atoms with Gasteiger partial charge in [0.1, 0.15) is 0 Å². The molecule has 0 atom stereocenters. The van der Waals surface area contributed by atoms with Crippen molar-refractivity contribution in [1.29, 1.82) is 0 Å². The number of allylic oxidation sites excluding steroid dienone is 11. The minimum absolute atomic E-state index is 0.586. The van der Waals surface area contributed by atoms with Crippen molar-refractivity contribution in [2.24, 2.45) is 9.98 Å². The summed E-state index contributed by atoms with van der Waals surface area (Å²) in [5.74, 6) is 0. The lowest BCUT2D eigenvalue weighted by molar-refractivity contribution is 1.08. The predicted molar refractivity (Wildman–Crippen MR) is 161 cm³/mol. The third kappa shape index (κ3) is 5.96. The molecule has 1 aliphatic carbocycles. The molecule has 0 N–H and O–H groups in total. The molecule has 1 heterocycles. The minimum Gasteiger partial charge on any atom is -0.285 e. The maximum absolute atomic E-state index is 4.84. The summed E-state index contributed by atoms with van der Waals surface area (Å²) in [6.07, 6.45) is 22.3. The van der Waals surface area contributed by atoms with E-state index in [9.17, 15) is 0 Å². The molecule has 0 radical (unpaired) electrons. The molecule has 2 aromatic carbocycles. The fourth-order valence-corrected chi connectivity index (χ4v) is 4.48. The van der Waals surface area contributed by atoms with Crippen LogP contribution in [0.15, 0.2) is 138 Å². The van der Waals surface area contributed by atoms with Crippen LogP contribution in [0, 0.1) is 0 Å². The number of nitrogens with zero attached hydrogens (tertiary/aromatic N) is 3. The second-order valence-electron chi connectivity index (χ2n) is 8.66. The van der Waals surface area contributed by atoms with E-state index < -0.39 is 0 Å². The Bertz CT molecular complexity index is 1510. The van der Waals surface area contributed by atoms with Crippen LogP contribution < -0.4 is 0 Å². The van der Waals surface area contributed by atoms with E-state index in [-0.39, 0.29) is 0 Å². The SMILES string of the molecule is C=C/C=C\C1=C(C=C)c2ccc(C\N=C(C)/C=C(/C=C/C=C\Cc3cccnc3)N=C)c3cccc1c23. The van der Waals surface area contributed by atoms with E-state index in [0.29, 0.717) is 6.54 Å². The Morgan fingerprint density at radius 2 is 1.84 bits per heavy atom. The Morgan fingerprint density at radius 1 is 0.973 bits per heavy atom. The van der Waals surface area contributed by atoms with Crippen molar-refractivity contribution in [2.45, 2.75) is 19.9 Å². The van der Waals surface area contributed by atoms with Crippen LogP contribution in [0.25, 0.3) is 21.9 Å². The number of hydrogen-bond donors (Lipinski definition) is 0. The van der Waals surface area contributed by atoms with Crippen LogP contribution in [-0.4, -0.2) is 17.4 Å². The number of aliphatic imine (C=N–C) groups is 2. The van der Waals surface area contributed by atoms with E-state index in [1.807, 2.05) is 55.6 Å². The molecular weight excluding hydrogens is 450 g/mol. The van der Waals surface area contributed by atoms with Gasteiger partial charge in [-0.3, -0.25) is 15.0 Å². The molecule has 37 heavy (non-hydrogen) atoms. The van der Waals surface area contributed by atoms with Crippen LogP contribution in [0.3, 0.4) is 0 Å². The Hall–Kier alpha value is -4.63. The molecule has 182 valence electrons. The summed E-state index contributed by atoms with van der Waals surface area (Å²) in [6.45, 7) is 14.2. The molecule has 0 bridgehead atoms. The van der Waals surface area contributed by atoms with Gasteiger partial charge in [0.25, 0.3) is 0 Å². The topological polar surface area (TPSA) is 37.6 Å². The van der Waals surface area contributed by atoms with Gasteiger partial charge in [0.2, 0.25) is 0 Å². The number of benzene rings is 2. The number of rotatable bonds is 11. The molecular formula is C34H31N3. The van der Waals surface area contributed by atoms with Crippen LogP contribution in [0.1, 0.15) is 29.2 Å². The highest BCUT2D eigenvalue weighted by atomic mass is 14.7. The van der Waals surface area contributed by atoms with Gasteiger partial charge in [0.05, 0.1) is 12.2 Å². The monoisotopic (exact) mass is 481 g/mol. The van der Waals surface area contributed by atoms with E-state index in [0.717, 1.165) is 23.4 Å². The van der Waals surface area contributed by atoms with Crippen molar-refractivity contribution in [3.05, 3.63) is 151 Å². The molecule has 0 saturated carbocycles. The van der Waals surface area contributed by atoms with E-state index in [2.05, 4.69) is 78.4 Å². The molecule has 4 rings (SSSR count). The molecule has 0 saturated heterocycles. The highest BCUT2D eigenvalue weighted by Crippen LogP contribution is 2.44. The Kier molecular flexibility index (Phi) is 8.51. The van der Waals surface area contributed by atoms with Crippen molar-refractivity contribution in [2.75, 3.05) is 0 Å². The van der Waals surface area contributed by atoms with Crippen LogP contribution in [0.4, 0.5) is 0 Å². The van der Waals surface area contributed by atoms with Crippen LogP contribution >= 0.6 is 0 Å². The second-order valence-corrected chi connectivity index (χ2v) is 8.66. The predicted octanol–water partition coefficient (Wildman–Crippen LogP) is 8.29. The van der Waals surface area contributed by atoms with Gasteiger partial charge < -0.3 is 0 Å². The normalized spacial score (nSPS) is 14.0. The molecule has 1 aromatic heterocycles. The van der Waals surface area contributed by atoms with Gasteiger partial charge in [-0.1, -0.05) is 92.1 Å². The van der Waals surface area contributed by atoms with Gasteiger partial charge in [-0.25, -0.2) is 0 Å². The summed E-state index contributed by atoms with van der Waals surface area (Å²) < 4.78 is 0. The molecule has 0 unspecified atom stereocenters. The minimum atomic E-state index is 0.586. The van der Waals surface area contributed by atoms with Crippen LogP contribution in [0.2, 0.25) is 0 Å². The highest BCUT2D eigenvalue weighted by Gasteiger charge is 2.21. The smallest absolute Gasteiger partial charge is 0.0648 e. The largest absolute Gasteiger partial charge is 0.285 e. The molecule has 0 aliphatic heterocycles. The summed E-state index contributed by atoms with van der Waals surface area (Å²) in [4.78, 5) is 13.1. The zero-order chi connectivity index (χ0) is 26.0. The van der Waals surface area contributed by atoms with Gasteiger partial charge in [0.15, 0.2) is 0 Å². The summed E-state index contributed by atoms with van der Waals surface area (Å²) in [5.41, 5.74) is 8.81. The zero-order valence-electron chi connectivity index (χ0n) is 21.3. The van der Waals surface area contributed by atoms with E-state index in [4.69, 9.17) is 4.99 Å². The molecule has 0 fully saturated rings. The summed E-state index contributed by atoms with van der Waals surface area (Å²) >= 11 is 0. The number of pyridine rings is 1. The third-order valence-electron chi connectivity index (χ3n) is 6.23. The molecule has 3 nitrogen and oxygen atoms in total. The maximum atomic E-state index is 4.84. The van der Waals surface area contributed by atoms with Crippen molar-refractivity contribution >= 4 is 34.3 Å². The average Bonchev–Trinajstić information content (AvgIpc) is 3.24. The lowest BCUT2D eigenvalue weighted by atomic mass is 9.97. The molecule has 1 aliphatic rings. The van der Waals surface area contributed by atoms with Crippen LogP contribution in [-0.2, 0) is 13.0 Å². The molecule has 0 amide bonds. The number of hydrogen-bond acceptors (Lipinski definition) is 3. The summed E-state index contributed by atoms with van der Waals surface area (Å²) in [5, 5.41) is 2.48. The van der Waals surface area contributed by atoms with Crippen molar-refractivity contribution in [3.63, 3.8) is 0 Å². The van der Waals surface area contributed by atoms with Gasteiger partial charge >= 0.3 is 0 Å². The van der Waals surface area contributed by atoms with Crippen molar-refractivity contribution in [1.82, 2.24) is 4.98 Å². The lowest BCUT2D eigenvalue weighted by Gasteiger charge is -2.08. The highest BCUT2D eigenvalue weighted by molar-refractivity contribution is 6.18. The van der Waals surface area contributed by atoms with Gasteiger partial charge in [-0.05, 0) is 82.5 Å². The Labute approximate surface area is 219 Å².